The van der Waals surface area contributed by atoms with E-state index in [1.165, 1.54) is 11.3 Å². The molecule has 206 valence electrons. The molecule has 0 saturated heterocycles. The number of carbonyl (C=O) groups is 2. The fourth-order valence-corrected chi connectivity index (χ4v) is 7.00. The highest BCUT2D eigenvalue weighted by Gasteiger charge is 2.32. The predicted octanol–water partition coefficient (Wildman–Crippen LogP) is 7.40. The van der Waals surface area contributed by atoms with Crippen molar-refractivity contribution in [3.8, 4) is 11.1 Å². The van der Waals surface area contributed by atoms with E-state index in [0.29, 0.717) is 22.1 Å². The number of halogens is 1. The highest BCUT2D eigenvalue weighted by molar-refractivity contribution is 7.21. The highest BCUT2D eigenvalue weighted by Crippen LogP contribution is 2.37. The number of hydrogen-bond acceptors (Lipinski definition) is 5. The Morgan fingerprint density at radius 1 is 0.878 bits per heavy atom. The lowest BCUT2D eigenvalue weighted by Crippen LogP contribution is -2.46. The van der Waals surface area contributed by atoms with Crippen molar-refractivity contribution >= 4 is 44.8 Å². The van der Waals surface area contributed by atoms with E-state index in [2.05, 4.69) is 33.5 Å². The van der Waals surface area contributed by atoms with Crippen LogP contribution in [0.2, 0.25) is 5.02 Å². The van der Waals surface area contributed by atoms with Gasteiger partial charge in [0.15, 0.2) is 0 Å². The summed E-state index contributed by atoms with van der Waals surface area (Å²) in [6.45, 7) is 0.470. The second-order valence-corrected chi connectivity index (χ2v) is 11.7. The van der Waals surface area contributed by atoms with Gasteiger partial charge in [0.05, 0.1) is 5.02 Å². The molecule has 5 aromatic rings. The Morgan fingerprint density at radius 3 is 2.41 bits per heavy atom. The van der Waals surface area contributed by atoms with E-state index in [1.54, 1.807) is 30.7 Å². The van der Waals surface area contributed by atoms with Crippen molar-refractivity contribution in [2.75, 3.05) is 0 Å². The van der Waals surface area contributed by atoms with E-state index in [4.69, 9.17) is 11.6 Å². The van der Waals surface area contributed by atoms with Crippen LogP contribution in [0.4, 0.5) is 0 Å². The first kappa shape index (κ1) is 27.1. The van der Waals surface area contributed by atoms with Gasteiger partial charge in [0.1, 0.15) is 10.6 Å². The minimum absolute atomic E-state index is 0.0244. The summed E-state index contributed by atoms with van der Waals surface area (Å²) in [6, 6.07) is 25.5. The lowest BCUT2D eigenvalue weighted by atomic mass is 9.89. The van der Waals surface area contributed by atoms with Gasteiger partial charge in [0.25, 0.3) is 11.8 Å². The number of fused-ring (bicyclic) bond motifs is 1. The van der Waals surface area contributed by atoms with E-state index in [1.807, 2.05) is 53.4 Å². The van der Waals surface area contributed by atoms with Crippen molar-refractivity contribution in [3.05, 3.63) is 119 Å². The van der Waals surface area contributed by atoms with Crippen LogP contribution in [0.3, 0.4) is 0 Å². The quantitative estimate of drug-likeness (QED) is 0.218. The number of nitrogens with zero attached hydrogens (tertiary/aromatic N) is 3. The van der Waals surface area contributed by atoms with E-state index in [0.717, 1.165) is 52.5 Å². The van der Waals surface area contributed by atoms with Crippen LogP contribution in [-0.2, 0) is 6.54 Å². The molecule has 1 aliphatic carbocycles. The zero-order chi connectivity index (χ0) is 28.2. The number of rotatable bonds is 7. The van der Waals surface area contributed by atoms with Gasteiger partial charge in [0.2, 0.25) is 0 Å². The molecule has 0 spiro atoms. The van der Waals surface area contributed by atoms with Crippen LogP contribution in [0.5, 0.6) is 0 Å². The molecule has 41 heavy (non-hydrogen) atoms. The summed E-state index contributed by atoms with van der Waals surface area (Å²) >= 11 is 8.23. The van der Waals surface area contributed by atoms with Crippen LogP contribution >= 0.6 is 22.9 Å². The van der Waals surface area contributed by atoms with Crippen molar-refractivity contribution in [3.63, 3.8) is 0 Å². The summed E-state index contributed by atoms with van der Waals surface area (Å²) in [5, 5.41) is 4.55. The van der Waals surface area contributed by atoms with Gasteiger partial charge in [-0.05, 0) is 78.8 Å². The summed E-state index contributed by atoms with van der Waals surface area (Å²) in [6.07, 6.45) is 8.32. The summed E-state index contributed by atoms with van der Waals surface area (Å²) < 4.78 is 1.00. The number of thiophene rings is 1. The Hall–Kier alpha value is -4.07. The third-order valence-electron chi connectivity index (χ3n) is 7.65. The Kier molecular flexibility index (Phi) is 8.07. The fraction of sp³-hybridized carbons (Fsp3) is 0.212. The van der Waals surface area contributed by atoms with Crippen LogP contribution in [0.25, 0.3) is 21.2 Å². The maximum Gasteiger partial charge on any atom is 0.270 e. The number of nitrogens with one attached hydrogen (secondary N) is 1. The first-order chi connectivity index (χ1) is 20.1. The van der Waals surface area contributed by atoms with Crippen LogP contribution in [0, 0.1) is 0 Å². The normalized spacial score (nSPS) is 16.8. The first-order valence-corrected chi connectivity index (χ1v) is 15.0. The molecule has 1 fully saturated rings. The predicted molar refractivity (Wildman–Crippen MR) is 164 cm³/mol. The van der Waals surface area contributed by atoms with Crippen molar-refractivity contribution in [1.82, 2.24) is 20.2 Å². The molecule has 0 atom stereocenters. The Balaban J connectivity index is 1.24. The third kappa shape index (κ3) is 6.01. The minimum atomic E-state index is -0.160. The molecule has 0 aliphatic heterocycles. The SMILES string of the molecule is O=C(NC1CCC(N(Cc2cccc(-c3ccncc3)c2)C(=O)c2sc3ccccc3c2Cl)CC1)c1ccccn1. The van der Waals surface area contributed by atoms with Gasteiger partial charge in [-0.3, -0.25) is 19.6 Å². The van der Waals surface area contributed by atoms with Gasteiger partial charge in [-0.25, -0.2) is 0 Å². The van der Waals surface area contributed by atoms with E-state index in [-0.39, 0.29) is 23.9 Å². The standard InChI is InChI=1S/C33H29ClN4O2S/c34-30-27-8-1-2-10-29(27)41-31(30)33(40)38(21-22-6-5-7-24(20-22)23-15-18-35-19-16-23)26-13-11-25(12-14-26)37-32(39)28-9-3-4-17-36-28/h1-10,15-20,25-26H,11-14,21H2,(H,37,39). The number of pyridine rings is 2. The largest absolute Gasteiger partial charge is 0.348 e. The lowest BCUT2D eigenvalue weighted by Gasteiger charge is -2.37. The molecular formula is C33H29ClN4O2S. The van der Waals surface area contributed by atoms with E-state index >= 15 is 0 Å². The molecule has 2 amide bonds. The van der Waals surface area contributed by atoms with Gasteiger partial charge >= 0.3 is 0 Å². The maximum atomic E-state index is 14.2. The molecule has 0 radical (unpaired) electrons. The summed E-state index contributed by atoms with van der Waals surface area (Å²) in [5.41, 5.74) is 3.63. The average Bonchev–Trinajstić information content (AvgIpc) is 3.37. The second-order valence-electron chi connectivity index (χ2n) is 10.3. The Labute approximate surface area is 248 Å². The first-order valence-electron chi connectivity index (χ1n) is 13.8. The molecule has 6 nitrogen and oxygen atoms in total. The van der Waals surface area contributed by atoms with Gasteiger partial charge < -0.3 is 10.2 Å². The molecule has 1 aliphatic rings. The van der Waals surface area contributed by atoms with Gasteiger partial charge in [-0.2, -0.15) is 0 Å². The number of amides is 2. The van der Waals surface area contributed by atoms with Gasteiger partial charge in [-0.15, -0.1) is 11.3 Å². The molecule has 8 heteroatoms. The highest BCUT2D eigenvalue weighted by atomic mass is 35.5. The van der Waals surface area contributed by atoms with Crippen LogP contribution in [0.15, 0.2) is 97.5 Å². The number of aromatic nitrogens is 2. The fourth-order valence-electron chi connectivity index (χ4n) is 5.53. The Morgan fingerprint density at radius 2 is 1.66 bits per heavy atom. The monoisotopic (exact) mass is 580 g/mol. The molecule has 1 saturated carbocycles. The maximum absolute atomic E-state index is 14.2. The molecule has 0 bridgehead atoms. The second kappa shape index (κ2) is 12.2. The lowest BCUT2D eigenvalue weighted by molar-refractivity contribution is 0.0597. The van der Waals surface area contributed by atoms with Crippen LogP contribution in [0.1, 0.15) is 51.4 Å². The average molecular weight is 581 g/mol. The van der Waals surface area contributed by atoms with Crippen molar-refractivity contribution in [2.24, 2.45) is 0 Å². The smallest absolute Gasteiger partial charge is 0.270 e. The van der Waals surface area contributed by atoms with Crippen LogP contribution in [-0.4, -0.2) is 38.8 Å². The number of carbonyl (C=O) groups excluding carboxylic acids is 2. The van der Waals surface area contributed by atoms with Gasteiger partial charge in [0, 0.05) is 47.3 Å². The van der Waals surface area contributed by atoms with Gasteiger partial charge in [-0.1, -0.05) is 54.1 Å². The summed E-state index contributed by atoms with van der Waals surface area (Å²) in [7, 11) is 0. The Bertz CT molecular complexity index is 1670. The topological polar surface area (TPSA) is 75.2 Å². The van der Waals surface area contributed by atoms with Crippen molar-refractivity contribution in [2.45, 2.75) is 44.3 Å². The molecule has 3 heterocycles. The zero-order valence-electron chi connectivity index (χ0n) is 22.4. The number of hydrogen-bond donors (Lipinski definition) is 1. The van der Waals surface area contributed by atoms with E-state index in [9.17, 15) is 9.59 Å². The molecule has 2 aromatic carbocycles. The molecule has 1 N–H and O–H groups in total. The zero-order valence-corrected chi connectivity index (χ0v) is 23.9. The third-order valence-corrected chi connectivity index (χ3v) is 9.32. The van der Waals surface area contributed by atoms with E-state index < -0.39 is 0 Å². The summed E-state index contributed by atoms with van der Waals surface area (Å²) in [5.74, 6) is -0.210. The molecular weight excluding hydrogens is 552 g/mol. The molecule has 3 aromatic heterocycles. The molecule has 6 rings (SSSR count). The van der Waals surface area contributed by atoms with Crippen LogP contribution < -0.4 is 5.32 Å². The van der Waals surface area contributed by atoms with Crippen molar-refractivity contribution < 1.29 is 9.59 Å². The minimum Gasteiger partial charge on any atom is -0.348 e. The number of benzene rings is 2. The molecule has 0 unspecified atom stereocenters. The summed E-state index contributed by atoms with van der Waals surface area (Å²) in [4.78, 5) is 37.7. The van der Waals surface area contributed by atoms with Crippen molar-refractivity contribution in [1.29, 1.82) is 0 Å².